The van der Waals surface area contributed by atoms with E-state index in [1.165, 1.54) is 0 Å². The van der Waals surface area contributed by atoms with Crippen molar-refractivity contribution in [3.05, 3.63) is 48.0 Å². The maximum atomic E-state index is 12.4. The van der Waals surface area contributed by atoms with Crippen molar-refractivity contribution < 1.29 is 19.1 Å². The van der Waals surface area contributed by atoms with Gasteiger partial charge in [0.25, 0.3) is 5.91 Å². The molecule has 1 saturated heterocycles. The maximum Gasteiger partial charge on any atom is 0.262 e. The van der Waals surface area contributed by atoms with Crippen LogP contribution in [-0.2, 0) is 20.7 Å². The second kappa shape index (κ2) is 7.67. The van der Waals surface area contributed by atoms with Crippen LogP contribution in [0.15, 0.2) is 42.5 Å². The Morgan fingerprint density at radius 2 is 1.89 bits per heavy atom. The minimum absolute atomic E-state index is 0.0527. The monoisotopic (exact) mass is 367 g/mol. The molecule has 2 aliphatic heterocycles. The molecule has 2 aromatic rings. The van der Waals surface area contributed by atoms with Gasteiger partial charge in [-0.2, -0.15) is 0 Å². The molecule has 4 rings (SSSR count). The minimum atomic E-state index is -0.202. The lowest BCUT2D eigenvalue weighted by Gasteiger charge is -2.28. The molecule has 140 valence electrons. The van der Waals surface area contributed by atoms with Gasteiger partial charge in [0.15, 0.2) is 12.4 Å². The molecule has 0 aliphatic carbocycles. The van der Waals surface area contributed by atoms with Crippen molar-refractivity contribution in [2.75, 3.05) is 48.4 Å². The third kappa shape index (κ3) is 4.03. The average Bonchev–Trinajstić information content (AvgIpc) is 2.69. The Balaban J connectivity index is 1.40. The van der Waals surface area contributed by atoms with E-state index in [1.807, 2.05) is 24.3 Å². The first-order chi connectivity index (χ1) is 13.2. The summed E-state index contributed by atoms with van der Waals surface area (Å²) >= 11 is 0. The molecule has 0 radical (unpaired) electrons. The van der Waals surface area contributed by atoms with E-state index in [9.17, 15) is 9.59 Å². The zero-order valence-corrected chi connectivity index (χ0v) is 14.9. The molecule has 2 aliphatic rings. The van der Waals surface area contributed by atoms with Crippen LogP contribution in [0.3, 0.4) is 0 Å². The molecule has 0 saturated carbocycles. The van der Waals surface area contributed by atoms with Crippen molar-refractivity contribution in [2.45, 2.75) is 6.42 Å². The first kappa shape index (κ1) is 17.4. The molecule has 7 heteroatoms. The van der Waals surface area contributed by atoms with E-state index < -0.39 is 0 Å². The number of nitrogens with zero attached hydrogens (tertiary/aromatic N) is 1. The van der Waals surface area contributed by atoms with Crippen LogP contribution in [0.5, 0.6) is 5.75 Å². The Morgan fingerprint density at radius 3 is 2.67 bits per heavy atom. The number of morpholine rings is 1. The summed E-state index contributed by atoms with van der Waals surface area (Å²) in [6.07, 6.45) is 0.263. The number of hydrogen-bond donors (Lipinski definition) is 2. The molecule has 0 atom stereocenters. The van der Waals surface area contributed by atoms with E-state index in [2.05, 4.69) is 15.5 Å². The van der Waals surface area contributed by atoms with E-state index in [-0.39, 0.29) is 24.8 Å². The van der Waals surface area contributed by atoms with Gasteiger partial charge in [0, 0.05) is 18.8 Å². The molecule has 2 amide bonds. The predicted octanol–water partition coefficient (Wildman–Crippen LogP) is 2.04. The Bertz CT molecular complexity index is 845. The number of nitrogens with one attached hydrogen (secondary N) is 2. The molecule has 7 nitrogen and oxygen atoms in total. The number of anilines is 3. The number of carbonyl (C=O) groups excluding carboxylic acids is 2. The van der Waals surface area contributed by atoms with Gasteiger partial charge in [-0.15, -0.1) is 0 Å². The van der Waals surface area contributed by atoms with Crippen LogP contribution in [0.2, 0.25) is 0 Å². The van der Waals surface area contributed by atoms with E-state index in [0.717, 1.165) is 37.6 Å². The number of benzene rings is 2. The zero-order chi connectivity index (χ0) is 18.6. The van der Waals surface area contributed by atoms with Crippen molar-refractivity contribution in [2.24, 2.45) is 0 Å². The number of carbonyl (C=O) groups is 2. The van der Waals surface area contributed by atoms with Gasteiger partial charge in [-0.1, -0.05) is 18.2 Å². The second-order valence-corrected chi connectivity index (χ2v) is 6.51. The van der Waals surface area contributed by atoms with Gasteiger partial charge in [-0.3, -0.25) is 9.59 Å². The molecular formula is C20H21N3O4. The molecule has 0 aromatic heterocycles. The fourth-order valence-electron chi connectivity index (χ4n) is 3.24. The quantitative estimate of drug-likeness (QED) is 0.864. The largest absolute Gasteiger partial charge is 0.479 e. The van der Waals surface area contributed by atoms with Crippen molar-refractivity contribution in [1.82, 2.24) is 0 Å². The topological polar surface area (TPSA) is 79.9 Å². The fraction of sp³-hybridized carbons (Fsp3) is 0.300. The summed E-state index contributed by atoms with van der Waals surface area (Å²) in [7, 11) is 0. The highest BCUT2D eigenvalue weighted by atomic mass is 16.5. The highest BCUT2D eigenvalue weighted by molar-refractivity contribution is 6.00. The number of fused-ring (bicyclic) bond motifs is 1. The van der Waals surface area contributed by atoms with Gasteiger partial charge in [-0.05, 0) is 29.8 Å². The summed E-state index contributed by atoms with van der Waals surface area (Å²) in [5.41, 5.74) is 3.20. The van der Waals surface area contributed by atoms with Gasteiger partial charge in [0.05, 0.1) is 31.0 Å². The number of para-hydroxylation sites is 1. The molecule has 1 fully saturated rings. The van der Waals surface area contributed by atoms with Crippen molar-refractivity contribution in [1.29, 1.82) is 0 Å². The normalized spacial score (nSPS) is 16.1. The lowest BCUT2D eigenvalue weighted by Crippen LogP contribution is -2.36. The molecule has 27 heavy (non-hydrogen) atoms. The van der Waals surface area contributed by atoms with Crippen LogP contribution in [0.25, 0.3) is 0 Å². The Morgan fingerprint density at radius 1 is 1.11 bits per heavy atom. The highest BCUT2D eigenvalue weighted by Crippen LogP contribution is 2.35. The smallest absolute Gasteiger partial charge is 0.262 e. The van der Waals surface area contributed by atoms with Gasteiger partial charge < -0.3 is 25.0 Å². The van der Waals surface area contributed by atoms with Gasteiger partial charge in [0.1, 0.15) is 0 Å². The average molecular weight is 367 g/mol. The van der Waals surface area contributed by atoms with E-state index in [4.69, 9.17) is 9.47 Å². The minimum Gasteiger partial charge on any atom is -0.479 e. The Kier molecular flexibility index (Phi) is 4.93. The van der Waals surface area contributed by atoms with Crippen molar-refractivity contribution >= 4 is 28.9 Å². The number of ether oxygens (including phenoxy) is 2. The summed E-state index contributed by atoms with van der Waals surface area (Å²) in [6, 6.07) is 13.3. The Labute approximate surface area is 157 Å². The number of rotatable bonds is 4. The van der Waals surface area contributed by atoms with Crippen LogP contribution in [0.1, 0.15) is 5.56 Å². The summed E-state index contributed by atoms with van der Waals surface area (Å²) in [6.45, 7) is 3.20. The van der Waals surface area contributed by atoms with Gasteiger partial charge in [0.2, 0.25) is 5.91 Å². The van der Waals surface area contributed by atoms with Crippen LogP contribution in [-0.4, -0.2) is 44.7 Å². The standard InChI is InChI=1S/C20H21N3O4/c24-18(21-16-2-1-3-17-20(16)27-13-19(25)22-17)12-14-4-6-15(7-5-14)23-8-10-26-11-9-23/h1-7H,8-13H2,(H,21,24)(H,22,25). The Hall–Kier alpha value is -3.06. The number of amides is 2. The van der Waals surface area contributed by atoms with Gasteiger partial charge >= 0.3 is 0 Å². The summed E-state index contributed by atoms with van der Waals surface area (Å²) < 4.78 is 10.8. The fourth-order valence-corrected chi connectivity index (χ4v) is 3.24. The molecule has 2 aromatic carbocycles. The lowest BCUT2D eigenvalue weighted by molar-refractivity contribution is -0.118. The van der Waals surface area contributed by atoms with E-state index >= 15 is 0 Å². The maximum absolute atomic E-state index is 12.4. The second-order valence-electron chi connectivity index (χ2n) is 6.51. The third-order valence-electron chi connectivity index (χ3n) is 4.59. The van der Waals surface area contributed by atoms with Crippen molar-refractivity contribution in [3.8, 4) is 5.75 Å². The van der Waals surface area contributed by atoms with E-state index in [1.54, 1.807) is 18.2 Å². The van der Waals surface area contributed by atoms with Gasteiger partial charge in [-0.25, -0.2) is 0 Å². The number of hydrogen-bond acceptors (Lipinski definition) is 5. The SMILES string of the molecule is O=C1COc2c(cccc2NC(=O)Cc2ccc(N3CCOCC3)cc2)N1. The molecular weight excluding hydrogens is 346 g/mol. The molecule has 0 unspecified atom stereocenters. The van der Waals surface area contributed by atoms with Crippen LogP contribution in [0.4, 0.5) is 17.1 Å². The molecule has 2 N–H and O–H groups in total. The lowest BCUT2D eigenvalue weighted by atomic mass is 10.1. The first-order valence-electron chi connectivity index (χ1n) is 8.96. The molecule has 0 spiro atoms. The van der Waals surface area contributed by atoms with Crippen LogP contribution >= 0.6 is 0 Å². The summed E-state index contributed by atoms with van der Waals surface area (Å²) in [4.78, 5) is 26.1. The zero-order valence-electron chi connectivity index (χ0n) is 14.9. The molecule has 0 bridgehead atoms. The highest BCUT2D eigenvalue weighted by Gasteiger charge is 2.20. The third-order valence-corrected chi connectivity index (χ3v) is 4.59. The summed E-state index contributed by atoms with van der Waals surface area (Å²) in [5, 5.41) is 5.60. The summed E-state index contributed by atoms with van der Waals surface area (Å²) in [5.74, 6) is 0.155. The predicted molar refractivity (Wildman–Crippen MR) is 102 cm³/mol. The van der Waals surface area contributed by atoms with Crippen LogP contribution < -0.4 is 20.3 Å². The van der Waals surface area contributed by atoms with E-state index in [0.29, 0.717) is 17.1 Å². The van der Waals surface area contributed by atoms with Crippen molar-refractivity contribution in [3.63, 3.8) is 0 Å². The van der Waals surface area contributed by atoms with Crippen LogP contribution in [0, 0.1) is 0 Å². The first-order valence-corrected chi connectivity index (χ1v) is 8.96. The molecule has 2 heterocycles.